The van der Waals surface area contributed by atoms with Crippen LogP contribution in [0.5, 0.6) is 5.75 Å². The Morgan fingerprint density at radius 3 is 2.24 bits per heavy atom. The first-order valence-electron chi connectivity index (χ1n) is 6.13. The largest absolute Gasteiger partial charge is 1.00 e. The van der Waals surface area contributed by atoms with Gasteiger partial charge in [0.25, 0.3) is 0 Å². The van der Waals surface area contributed by atoms with Crippen LogP contribution in [0.15, 0.2) is 48.5 Å². The van der Waals surface area contributed by atoms with Crippen LogP contribution in [-0.2, 0) is 6.42 Å². The fraction of sp³-hybridized carbons (Fsp3) is 0.143. The standard InChI is InChI=1S/C14H12BF4O.K/c16-13-7-6-12(15(17,18)19)10-14(13)20-9-8-11-4-2-1-3-5-11;/h1-7,10H,8-9H2;/q-1;+1. The third-order valence-electron chi connectivity index (χ3n) is 2.82. The second-order valence-corrected chi connectivity index (χ2v) is 4.35. The first kappa shape index (κ1) is 18.7. The van der Waals surface area contributed by atoms with Crippen molar-refractivity contribution in [1.29, 1.82) is 0 Å². The summed E-state index contributed by atoms with van der Waals surface area (Å²) in [6.07, 6.45) is 0.502. The molecule has 21 heavy (non-hydrogen) atoms. The molecule has 0 aliphatic rings. The monoisotopic (exact) mass is 322 g/mol. The third kappa shape index (κ3) is 5.75. The maximum atomic E-state index is 13.4. The average molecular weight is 322 g/mol. The zero-order valence-corrected chi connectivity index (χ0v) is 14.7. The van der Waals surface area contributed by atoms with Crippen molar-refractivity contribution in [3.8, 4) is 5.75 Å². The molecule has 0 fully saturated rings. The van der Waals surface area contributed by atoms with Gasteiger partial charge in [0.1, 0.15) is 0 Å². The third-order valence-corrected chi connectivity index (χ3v) is 2.82. The molecule has 106 valence electrons. The number of rotatable bonds is 5. The predicted octanol–water partition coefficient (Wildman–Crippen LogP) is 0.506. The second-order valence-electron chi connectivity index (χ2n) is 4.35. The summed E-state index contributed by atoms with van der Waals surface area (Å²) in [5, 5.41) is 0. The molecule has 0 spiro atoms. The van der Waals surface area contributed by atoms with Crippen molar-refractivity contribution in [3.63, 3.8) is 0 Å². The molecule has 0 aromatic heterocycles. The Hall–Kier alpha value is -0.339. The summed E-state index contributed by atoms with van der Waals surface area (Å²) in [5.74, 6) is -1.15. The van der Waals surface area contributed by atoms with Crippen molar-refractivity contribution in [2.75, 3.05) is 6.61 Å². The van der Waals surface area contributed by atoms with E-state index in [1.807, 2.05) is 30.3 Å². The molecule has 0 aliphatic carbocycles. The van der Waals surface area contributed by atoms with Crippen molar-refractivity contribution in [2.24, 2.45) is 0 Å². The number of hydrogen-bond donors (Lipinski definition) is 0. The van der Waals surface area contributed by atoms with Crippen LogP contribution in [0.3, 0.4) is 0 Å². The van der Waals surface area contributed by atoms with Crippen LogP contribution in [0.1, 0.15) is 5.56 Å². The molecule has 1 nitrogen and oxygen atoms in total. The Morgan fingerprint density at radius 1 is 0.952 bits per heavy atom. The molecule has 0 aliphatic heterocycles. The van der Waals surface area contributed by atoms with E-state index in [1.165, 1.54) is 0 Å². The van der Waals surface area contributed by atoms with Gasteiger partial charge in [-0.2, -0.15) is 0 Å². The summed E-state index contributed by atoms with van der Waals surface area (Å²) in [6, 6.07) is 11.5. The summed E-state index contributed by atoms with van der Waals surface area (Å²) in [7, 11) is 0. The van der Waals surface area contributed by atoms with Gasteiger partial charge in [-0.05, 0) is 17.7 Å². The van der Waals surface area contributed by atoms with Crippen LogP contribution in [-0.4, -0.2) is 13.6 Å². The molecule has 0 saturated carbocycles. The molecule has 0 radical (unpaired) electrons. The van der Waals surface area contributed by atoms with Crippen molar-refractivity contribution < 1.29 is 73.5 Å². The normalized spacial score (nSPS) is 10.9. The summed E-state index contributed by atoms with van der Waals surface area (Å²) >= 11 is 0. The zero-order chi connectivity index (χ0) is 14.6. The summed E-state index contributed by atoms with van der Waals surface area (Å²) in [5.41, 5.74) is 0.116. The van der Waals surface area contributed by atoms with Crippen molar-refractivity contribution in [1.82, 2.24) is 0 Å². The quantitative estimate of drug-likeness (QED) is 0.576. The summed E-state index contributed by atoms with van der Waals surface area (Å²) in [6.45, 7) is -5.03. The van der Waals surface area contributed by atoms with E-state index in [0.717, 1.165) is 17.7 Å². The Bertz CT molecular complexity index is 575. The SMILES string of the molecule is Fc1ccc([B-](F)(F)F)cc1OCCc1ccccc1.[K+]. The maximum absolute atomic E-state index is 13.4. The average Bonchev–Trinajstić information content (AvgIpc) is 2.41. The Balaban J connectivity index is 0.00000220. The van der Waals surface area contributed by atoms with Gasteiger partial charge in [-0.15, -0.1) is 5.46 Å². The van der Waals surface area contributed by atoms with E-state index in [0.29, 0.717) is 12.5 Å². The van der Waals surface area contributed by atoms with E-state index in [-0.39, 0.29) is 63.7 Å². The first-order chi connectivity index (χ1) is 9.47. The molecule has 7 heteroatoms. The first-order valence-corrected chi connectivity index (χ1v) is 6.13. The van der Waals surface area contributed by atoms with Gasteiger partial charge in [-0.25, -0.2) is 4.39 Å². The fourth-order valence-electron chi connectivity index (χ4n) is 1.76. The van der Waals surface area contributed by atoms with Gasteiger partial charge in [-0.3, -0.25) is 0 Å². The topological polar surface area (TPSA) is 9.23 Å². The molecule has 0 bridgehead atoms. The predicted molar refractivity (Wildman–Crippen MR) is 70.8 cm³/mol. The smallest absolute Gasteiger partial charge is 0.490 e. The van der Waals surface area contributed by atoms with Crippen molar-refractivity contribution in [2.45, 2.75) is 6.42 Å². The molecule has 0 amide bonds. The van der Waals surface area contributed by atoms with E-state index in [9.17, 15) is 17.3 Å². The molecule has 0 unspecified atom stereocenters. The van der Waals surface area contributed by atoms with Gasteiger partial charge in [0.05, 0.1) is 6.61 Å². The van der Waals surface area contributed by atoms with E-state index in [1.54, 1.807) is 0 Å². The van der Waals surface area contributed by atoms with Gasteiger partial charge < -0.3 is 17.7 Å². The van der Waals surface area contributed by atoms with Gasteiger partial charge in [0.2, 0.25) is 0 Å². The molecular weight excluding hydrogens is 310 g/mol. The minimum Gasteiger partial charge on any atom is -0.490 e. The zero-order valence-electron chi connectivity index (χ0n) is 11.5. The minimum atomic E-state index is -5.15. The van der Waals surface area contributed by atoms with E-state index in [4.69, 9.17) is 4.74 Å². The molecule has 0 saturated heterocycles. The molecule has 0 heterocycles. The van der Waals surface area contributed by atoms with E-state index < -0.39 is 18.3 Å². The second kappa shape index (κ2) is 8.33. The number of hydrogen-bond acceptors (Lipinski definition) is 1. The molecule has 0 N–H and O–H groups in total. The van der Waals surface area contributed by atoms with E-state index >= 15 is 0 Å². The van der Waals surface area contributed by atoms with E-state index in [2.05, 4.69) is 0 Å². The fourth-order valence-corrected chi connectivity index (χ4v) is 1.76. The van der Waals surface area contributed by atoms with Crippen LogP contribution in [0.2, 0.25) is 0 Å². The summed E-state index contributed by atoms with van der Waals surface area (Å²) in [4.78, 5) is 0. The molecule has 2 rings (SSSR count). The van der Waals surface area contributed by atoms with Crippen molar-refractivity contribution in [3.05, 3.63) is 59.9 Å². The minimum absolute atomic E-state index is 0. The number of ether oxygens (including phenoxy) is 1. The van der Waals surface area contributed by atoms with Crippen molar-refractivity contribution >= 4 is 12.4 Å². The van der Waals surface area contributed by atoms with Gasteiger partial charge in [0, 0.05) is 6.42 Å². The Morgan fingerprint density at radius 2 is 1.62 bits per heavy atom. The van der Waals surface area contributed by atoms with Crippen LogP contribution in [0, 0.1) is 5.82 Å². The Labute approximate surface area is 163 Å². The van der Waals surface area contributed by atoms with Crippen LogP contribution >= 0.6 is 0 Å². The molecule has 2 aromatic carbocycles. The van der Waals surface area contributed by atoms with Crippen LogP contribution in [0.4, 0.5) is 17.3 Å². The molecule has 0 atom stereocenters. The van der Waals surface area contributed by atoms with Gasteiger partial charge >= 0.3 is 58.4 Å². The number of benzene rings is 2. The Kier molecular flexibility index (Phi) is 7.43. The summed E-state index contributed by atoms with van der Waals surface area (Å²) < 4.78 is 56.2. The molecular formula is C14H12BF4KO. The van der Waals surface area contributed by atoms with Crippen LogP contribution in [0.25, 0.3) is 0 Å². The maximum Gasteiger partial charge on any atom is 1.00 e. The van der Waals surface area contributed by atoms with Gasteiger partial charge in [-0.1, -0.05) is 36.4 Å². The molecule has 2 aromatic rings. The van der Waals surface area contributed by atoms with Gasteiger partial charge in [0.15, 0.2) is 11.6 Å². The van der Waals surface area contributed by atoms with Crippen LogP contribution < -0.4 is 61.6 Å². The number of halogens is 4.